The molecule has 0 atom stereocenters. The first kappa shape index (κ1) is 15.4. The van der Waals surface area contributed by atoms with E-state index in [4.69, 9.17) is 0 Å². The van der Waals surface area contributed by atoms with E-state index in [0.29, 0.717) is 12.5 Å². The Morgan fingerprint density at radius 3 is 2.71 bits per heavy atom. The molecule has 1 amide bonds. The molecule has 112 valence electrons. The maximum atomic E-state index is 13.7. The van der Waals surface area contributed by atoms with Crippen molar-refractivity contribution in [1.82, 2.24) is 10.3 Å². The Bertz CT molecular complexity index is 626. The summed E-state index contributed by atoms with van der Waals surface area (Å²) in [5.74, 6) is -2.44. The zero-order chi connectivity index (χ0) is 15.5. The minimum Gasteiger partial charge on any atom is -0.352 e. The molecular weight excluding hydrogens is 308 g/mol. The summed E-state index contributed by atoms with van der Waals surface area (Å²) in [4.78, 5) is 15.7. The van der Waals surface area contributed by atoms with Crippen LogP contribution in [0.2, 0.25) is 0 Å². The molecule has 1 heterocycles. The molecule has 0 spiro atoms. The van der Waals surface area contributed by atoms with Crippen LogP contribution in [0.1, 0.15) is 20.9 Å². The number of nitrogens with zero attached hydrogens (tertiary/aromatic N) is 1. The number of hydrogen-bond donors (Lipinski definition) is 1. The summed E-state index contributed by atoms with van der Waals surface area (Å²) in [5, 5.41) is 4.92. The molecule has 0 unspecified atom stereocenters. The number of rotatable bonds is 4. The van der Waals surface area contributed by atoms with E-state index in [1.54, 1.807) is 11.6 Å². The average molecular weight is 318 g/mol. The molecule has 0 saturated heterocycles. The predicted molar refractivity (Wildman–Crippen MR) is 69.6 cm³/mol. The van der Waals surface area contributed by atoms with E-state index in [1.807, 2.05) is 0 Å². The molecule has 2 rings (SSSR count). The number of amides is 1. The molecule has 0 saturated carbocycles. The van der Waals surface area contributed by atoms with Gasteiger partial charge < -0.3 is 5.32 Å². The summed E-state index contributed by atoms with van der Waals surface area (Å²) >= 11 is 1.39. The maximum absolute atomic E-state index is 13.7. The van der Waals surface area contributed by atoms with Crippen LogP contribution < -0.4 is 5.32 Å². The van der Waals surface area contributed by atoms with Crippen LogP contribution in [-0.2, 0) is 12.6 Å². The fourth-order valence-corrected chi connectivity index (χ4v) is 2.30. The van der Waals surface area contributed by atoms with Gasteiger partial charge >= 0.3 is 6.18 Å². The normalized spacial score (nSPS) is 11.4. The van der Waals surface area contributed by atoms with Crippen LogP contribution in [0.4, 0.5) is 17.6 Å². The fourth-order valence-electron chi connectivity index (χ4n) is 1.68. The first-order valence-corrected chi connectivity index (χ1v) is 6.80. The second-order valence-corrected chi connectivity index (χ2v) is 5.08. The molecule has 0 aliphatic carbocycles. The van der Waals surface area contributed by atoms with Gasteiger partial charge in [0.1, 0.15) is 5.82 Å². The number of thiazole rings is 1. The monoisotopic (exact) mass is 318 g/mol. The SMILES string of the molecule is O=C(NCCc1nccs1)c1cccc(C(F)(F)F)c1F. The molecule has 8 heteroatoms. The number of carbonyl (C=O) groups is 1. The highest BCUT2D eigenvalue weighted by atomic mass is 32.1. The largest absolute Gasteiger partial charge is 0.419 e. The lowest BCUT2D eigenvalue weighted by Gasteiger charge is -2.11. The molecule has 0 aliphatic heterocycles. The van der Waals surface area contributed by atoms with Crippen LogP contribution in [-0.4, -0.2) is 17.4 Å². The zero-order valence-corrected chi connectivity index (χ0v) is 11.4. The summed E-state index contributed by atoms with van der Waals surface area (Å²) in [6, 6.07) is 2.62. The van der Waals surface area contributed by atoms with Crippen molar-refractivity contribution in [2.24, 2.45) is 0 Å². The quantitative estimate of drug-likeness (QED) is 0.879. The molecule has 1 N–H and O–H groups in total. The van der Waals surface area contributed by atoms with Gasteiger partial charge in [-0.1, -0.05) is 6.07 Å². The maximum Gasteiger partial charge on any atom is 0.419 e. The van der Waals surface area contributed by atoms with Gasteiger partial charge in [-0.3, -0.25) is 4.79 Å². The topological polar surface area (TPSA) is 42.0 Å². The van der Waals surface area contributed by atoms with Crippen molar-refractivity contribution in [1.29, 1.82) is 0 Å². The smallest absolute Gasteiger partial charge is 0.352 e. The summed E-state index contributed by atoms with van der Waals surface area (Å²) in [7, 11) is 0. The van der Waals surface area contributed by atoms with Crippen LogP contribution >= 0.6 is 11.3 Å². The van der Waals surface area contributed by atoms with Gasteiger partial charge in [-0.25, -0.2) is 9.37 Å². The minimum atomic E-state index is -4.83. The number of hydrogen-bond acceptors (Lipinski definition) is 3. The zero-order valence-electron chi connectivity index (χ0n) is 10.6. The molecule has 0 bridgehead atoms. The Morgan fingerprint density at radius 1 is 1.33 bits per heavy atom. The summed E-state index contributed by atoms with van der Waals surface area (Å²) in [6.45, 7) is 0.169. The number of halogens is 4. The summed E-state index contributed by atoms with van der Waals surface area (Å²) < 4.78 is 51.4. The van der Waals surface area contributed by atoms with Crippen molar-refractivity contribution in [2.45, 2.75) is 12.6 Å². The third kappa shape index (κ3) is 3.78. The number of benzene rings is 1. The number of aromatic nitrogens is 1. The molecule has 1 aromatic heterocycles. The number of alkyl halides is 3. The van der Waals surface area contributed by atoms with Crippen LogP contribution in [0, 0.1) is 5.82 Å². The van der Waals surface area contributed by atoms with Crippen molar-refractivity contribution in [2.75, 3.05) is 6.54 Å². The second kappa shape index (κ2) is 6.21. The summed E-state index contributed by atoms with van der Waals surface area (Å²) in [6.07, 6.45) is -2.79. The Balaban J connectivity index is 2.05. The van der Waals surface area contributed by atoms with Gasteiger partial charge in [-0.15, -0.1) is 11.3 Å². The summed E-state index contributed by atoms with van der Waals surface area (Å²) in [5.41, 5.74) is -2.07. The molecule has 0 fully saturated rings. The van der Waals surface area contributed by atoms with E-state index in [1.165, 1.54) is 11.3 Å². The second-order valence-electron chi connectivity index (χ2n) is 4.10. The fraction of sp³-hybridized carbons (Fsp3) is 0.231. The lowest BCUT2D eigenvalue weighted by Crippen LogP contribution is -2.27. The van der Waals surface area contributed by atoms with Gasteiger partial charge in [0, 0.05) is 24.5 Å². The van der Waals surface area contributed by atoms with Crippen LogP contribution in [0.15, 0.2) is 29.8 Å². The van der Waals surface area contributed by atoms with Crippen LogP contribution in [0.3, 0.4) is 0 Å². The highest BCUT2D eigenvalue weighted by molar-refractivity contribution is 7.09. The van der Waals surface area contributed by atoms with Gasteiger partial charge in [0.15, 0.2) is 0 Å². The highest BCUT2D eigenvalue weighted by Gasteiger charge is 2.35. The van der Waals surface area contributed by atoms with Crippen molar-refractivity contribution in [3.05, 3.63) is 51.7 Å². The van der Waals surface area contributed by atoms with Crippen molar-refractivity contribution in [3.8, 4) is 0 Å². The van der Waals surface area contributed by atoms with Crippen molar-refractivity contribution >= 4 is 17.2 Å². The molecule has 21 heavy (non-hydrogen) atoms. The number of carbonyl (C=O) groups excluding carboxylic acids is 1. The number of nitrogens with one attached hydrogen (secondary N) is 1. The van der Waals surface area contributed by atoms with E-state index in [9.17, 15) is 22.4 Å². The standard InChI is InChI=1S/C13H10F4N2OS/c14-11-8(2-1-3-9(11)13(15,16)17)12(20)19-5-4-10-18-6-7-21-10/h1-3,6-7H,4-5H2,(H,19,20). The predicted octanol–water partition coefficient (Wildman–Crippen LogP) is 3.27. The lowest BCUT2D eigenvalue weighted by molar-refractivity contribution is -0.140. The molecule has 1 aromatic carbocycles. The first-order valence-electron chi connectivity index (χ1n) is 5.92. The van der Waals surface area contributed by atoms with E-state index < -0.39 is 29.0 Å². The molecule has 0 aliphatic rings. The Labute approximate surface area is 121 Å². The van der Waals surface area contributed by atoms with E-state index in [-0.39, 0.29) is 6.54 Å². The Morgan fingerprint density at radius 2 is 2.10 bits per heavy atom. The first-order chi connectivity index (χ1) is 9.89. The molecule has 2 aromatic rings. The molecule has 3 nitrogen and oxygen atoms in total. The third-order valence-corrected chi connectivity index (χ3v) is 3.50. The van der Waals surface area contributed by atoms with Gasteiger partial charge in [-0.2, -0.15) is 13.2 Å². The van der Waals surface area contributed by atoms with Gasteiger partial charge in [0.2, 0.25) is 0 Å². The van der Waals surface area contributed by atoms with Crippen molar-refractivity contribution < 1.29 is 22.4 Å². The van der Waals surface area contributed by atoms with Gasteiger partial charge in [0.05, 0.1) is 16.1 Å². The third-order valence-electron chi connectivity index (χ3n) is 2.66. The molecule has 0 radical (unpaired) electrons. The Kier molecular flexibility index (Phi) is 4.56. The van der Waals surface area contributed by atoms with Gasteiger partial charge in [-0.05, 0) is 12.1 Å². The van der Waals surface area contributed by atoms with E-state index in [2.05, 4.69) is 10.3 Å². The molecular formula is C13H10F4N2OS. The highest BCUT2D eigenvalue weighted by Crippen LogP contribution is 2.32. The van der Waals surface area contributed by atoms with Crippen LogP contribution in [0.5, 0.6) is 0 Å². The average Bonchev–Trinajstić information content (AvgIpc) is 2.90. The van der Waals surface area contributed by atoms with Crippen molar-refractivity contribution in [3.63, 3.8) is 0 Å². The van der Waals surface area contributed by atoms with E-state index >= 15 is 0 Å². The van der Waals surface area contributed by atoms with Gasteiger partial charge in [0.25, 0.3) is 5.91 Å². The van der Waals surface area contributed by atoms with E-state index in [0.717, 1.165) is 17.1 Å². The van der Waals surface area contributed by atoms with Crippen LogP contribution in [0.25, 0.3) is 0 Å². The lowest BCUT2D eigenvalue weighted by atomic mass is 10.1. The Hall–Kier alpha value is -1.96. The minimum absolute atomic E-state index is 0.169.